The average Bonchev–Trinajstić information content (AvgIpc) is 3.14. The lowest BCUT2D eigenvalue weighted by Crippen LogP contribution is -2.30. The summed E-state index contributed by atoms with van der Waals surface area (Å²) in [6.45, 7) is 7.74. The molecule has 304 valence electrons. The molecule has 0 spiro atoms. The SMILES string of the molecule is CCCCC/C=C\C/C=C\C/C=C\CCCCCCCCCOCC(COC(=O)CCCCCCCCCCC)OC(=O)CCCCCCCCC. The Kier molecular flexibility index (Phi) is 42.0. The molecule has 0 radical (unpaired) electrons. The van der Waals surface area contributed by atoms with Gasteiger partial charge < -0.3 is 14.2 Å². The fourth-order valence-corrected chi connectivity index (χ4v) is 6.28. The molecule has 0 heterocycles. The van der Waals surface area contributed by atoms with Gasteiger partial charge in [-0.05, 0) is 57.8 Å². The zero-order valence-corrected chi connectivity index (χ0v) is 34.8. The Labute approximate surface area is 323 Å². The van der Waals surface area contributed by atoms with Crippen molar-refractivity contribution >= 4 is 11.9 Å². The third-order valence-electron chi connectivity index (χ3n) is 9.68. The Morgan fingerprint density at radius 3 is 1.33 bits per heavy atom. The highest BCUT2D eigenvalue weighted by Crippen LogP contribution is 2.13. The minimum absolute atomic E-state index is 0.0851. The van der Waals surface area contributed by atoms with Crippen molar-refractivity contribution in [3.05, 3.63) is 36.5 Å². The smallest absolute Gasteiger partial charge is 0.306 e. The molecule has 0 aromatic carbocycles. The van der Waals surface area contributed by atoms with Crippen LogP contribution in [0, 0.1) is 0 Å². The monoisotopic (exact) mass is 731 g/mol. The predicted molar refractivity (Wildman–Crippen MR) is 224 cm³/mol. The summed E-state index contributed by atoms with van der Waals surface area (Å²) in [7, 11) is 0. The fraction of sp³-hybridized carbons (Fsp3) is 0.830. The molecule has 0 aliphatic heterocycles. The van der Waals surface area contributed by atoms with Gasteiger partial charge in [-0.15, -0.1) is 0 Å². The topological polar surface area (TPSA) is 61.8 Å². The third kappa shape index (κ3) is 40.9. The molecule has 0 amide bonds. The van der Waals surface area contributed by atoms with E-state index in [0.717, 1.165) is 51.4 Å². The average molecular weight is 731 g/mol. The second-order valence-electron chi connectivity index (χ2n) is 15.0. The molecule has 0 aromatic rings. The van der Waals surface area contributed by atoms with Gasteiger partial charge in [0.2, 0.25) is 0 Å². The number of carbonyl (C=O) groups excluding carboxylic acids is 2. The minimum Gasteiger partial charge on any atom is -0.462 e. The van der Waals surface area contributed by atoms with Gasteiger partial charge in [-0.1, -0.05) is 192 Å². The highest BCUT2D eigenvalue weighted by atomic mass is 16.6. The number of esters is 2. The van der Waals surface area contributed by atoms with Gasteiger partial charge in [0.05, 0.1) is 6.61 Å². The molecule has 0 N–H and O–H groups in total. The highest BCUT2D eigenvalue weighted by Gasteiger charge is 2.17. The normalized spacial score (nSPS) is 12.4. The van der Waals surface area contributed by atoms with E-state index in [0.29, 0.717) is 19.4 Å². The molecular formula is C47H86O5. The van der Waals surface area contributed by atoms with Crippen molar-refractivity contribution in [1.29, 1.82) is 0 Å². The van der Waals surface area contributed by atoms with E-state index in [1.165, 1.54) is 141 Å². The van der Waals surface area contributed by atoms with Crippen molar-refractivity contribution in [1.82, 2.24) is 0 Å². The van der Waals surface area contributed by atoms with Crippen molar-refractivity contribution in [2.75, 3.05) is 19.8 Å². The van der Waals surface area contributed by atoms with Crippen molar-refractivity contribution in [3.63, 3.8) is 0 Å². The van der Waals surface area contributed by atoms with Gasteiger partial charge >= 0.3 is 11.9 Å². The third-order valence-corrected chi connectivity index (χ3v) is 9.68. The van der Waals surface area contributed by atoms with Crippen molar-refractivity contribution in [3.8, 4) is 0 Å². The zero-order valence-electron chi connectivity index (χ0n) is 34.8. The van der Waals surface area contributed by atoms with Crippen LogP contribution in [0.5, 0.6) is 0 Å². The second kappa shape index (κ2) is 43.5. The van der Waals surface area contributed by atoms with Gasteiger partial charge in [0, 0.05) is 19.4 Å². The van der Waals surface area contributed by atoms with Crippen LogP contribution in [-0.2, 0) is 23.8 Å². The van der Waals surface area contributed by atoms with Gasteiger partial charge in [0.15, 0.2) is 6.10 Å². The number of carbonyl (C=O) groups is 2. The number of unbranched alkanes of at least 4 members (excludes halogenated alkanes) is 24. The number of allylic oxidation sites excluding steroid dienone is 6. The van der Waals surface area contributed by atoms with Crippen molar-refractivity contribution in [2.45, 2.75) is 232 Å². The molecular weight excluding hydrogens is 645 g/mol. The molecule has 0 bridgehead atoms. The quantitative estimate of drug-likeness (QED) is 0.0356. The van der Waals surface area contributed by atoms with Crippen molar-refractivity contribution < 1.29 is 23.8 Å². The van der Waals surface area contributed by atoms with Crippen LogP contribution in [0.15, 0.2) is 36.5 Å². The molecule has 1 unspecified atom stereocenters. The standard InChI is InChI=1S/C47H86O5/c1-4-7-10-13-16-18-19-20-21-22-23-24-25-26-27-28-30-33-36-39-42-50-43-45(52-47(49)41-38-35-31-15-12-9-6-3)44-51-46(48)40-37-34-32-29-17-14-11-8-5-2/h16,18,20-21,23-24,45H,4-15,17,19,22,25-44H2,1-3H3/b18-16-,21-20-,24-23-. The summed E-state index contributed by atoms with van der Waals surface area (Å²) in [5.74, 6) is -0.405. The van der Waals surface area contributed by atoms with E-state index in [9.17, 15) is 9.59 Å². The van der Waals surface area contributed by atoms with Gasteiger partial charge in [0.1, 0.15) is 6.61 Å². The first-order valence-corrected chi connectivity index (χ1v) is 22.5. The minimum atomic E-state index is -0.531. The summed E-state index contributed by atoms with van der Waals surface area (Å²) in [6.07, 6.45) is 50.1. The number of rotatable bonds is 41. The summed E-state index contributed by atoms with van der Waals surface area (Å²) in [6, 6.07) is 0. The largest absolute Gasteiger partial charge is 0.462 e. The first-order chi connectivity index (χ1) is 25.6. The lowest BCUT2D eigenvalue weighted by molar-refractivity contribution is -0.163. The molecule has 0 saturated carbocycles. The lowest BCUT2D eigenvalue weighted by Gasteiger charge is -2.18. The maximum Gasteiger partial charge on any atom is 0.306 e. The summed E-state index contributed by atoms with van der Waals surface area (Å²) >= 11 is 0. The van der Waals surface area contributed by atoms with E-state index < -0.39 is 6.10 Å². The van der Waals surface area contributed by atoms with Crippen LogP contribution in [0.25, 0.3) is 0 Å². The Morgan fingerprint density at radius 2 is 0.808 bits per heavy atom. The van der Waals surface area contributed by atoms with Crippen LogP contribution in [-0.4, -0.2) is 37.9 Å². The van der Waals surface area contributed by atoms with Crippen molar-refractivity contribution in [2.24, 2.45) is 0 Å². The van der Waals surface area contributed by atoms with Crippen LogP contribution in [0.1, 0.15) is 226 Å². The number of hydrogen-bond donors (Lipinski definition) is 0. The molecule has 0 aromatic heterocycles. The molecule has 0 aliphatic rings. The van der Waals surface area contributed by atoms with E-state index in [4.69, 9.17) is 14.2 Å². The maximum absolute atomic E-state index is 12.6. The zero-order chi connectivity index (χ0) is 37.8. The van der Waals surface area contributed by atoms with Gasteiger partial charge in [0.25, 0.3) is 0 Å². The molecule has 1 atom stereocenters. The molecule has 52 heavy (non-hydrogen) atoms. The Hall–Kier alpha value is -1.88. The summed E-state index contributed by atoms with van der Waals surface area (Å²) in [5.41, 5.74) is 0. The molecule has 0 aliphatic carbocycles. The Balaban J connectivity index is 4.10. The Bertz CT molecular complexity index is 832. The molecule has 5 nitrogen and oxygen atoms in total. The van der Waals surface area contributed by atoms with Crippen LogP contribution in [0.4, 0.5) is 0 Å². The van der Waals surface area contributed by atoms with Crippen LogP contribution in [0.3, 0.4) is 0 Å². The van der Waals surface area contributed by atoms with Crippen LogP contribution in [0.2, 0.25) is 0 Å². The van der Waals surface area contributed by atoms with E-state index in [1.807, 2.05) is 0 Å². The summed E-state index contributed by atoms with van der Waals surface area (Å²) < 4.78 is 17.2. The lowest BCUT2D eigenvalue weighted by atomic mass is 10.1. The predicted octanol–water partition coefficient (Wildman–Crippen LogP) is 14.7. The van der Waals surface area contributed by atoms with E-state index in [-0.39, 0.29) is 25.2 Å². The fourth-order valence-electron chi connectivity index (χ4n) is 6.28. The number of hydrogen-bond acceptors (Lipinski definition) is 5. The van der Waals surface area contributed by atoms with Gasteiger partial charge in [-0.2, -0.15) is 0 Å². The van der Waals surface area contributed by atoms with Crippen LogP contribution < -0.4 is 0 Å². The van der Waals surface area contributed by atoms with Crippen LogP contribution >= 0.6 is 0 Å². The molecule has 0 rings (SSSR count). The molecule has 0 saturated heterocycles. The van der Waals surface area contributed by atoms with E-state index in [1.54, 1.807) is 0 Å². The summed E-state index contributed by atoms with van der Waals surface area (Å²) in [4.78, 5) is 25.0. The molecule has 5 heteroatoms. The maximum atomic E-state index is 12.6. The van der Waals surface area contributed by atoms with Gasteiger partial charge in [-0.3, -0.25) is 9.59 Å². The highest BCUT2D eigenvalue weighted by molar-refractivity contribution is 5.70. The molecule has 0 fully saturated rings. The van der Waals surface area contributed by atoms with E-state index >= 15 is 0 Å². The van der Waals surface area contributed by atoms with E-state index in [2.05, 4.69) is 57.2 Å². The first-order valence-electron chi connectivity index (χ1n) is 22.5. The van der Waals surface area contributed by atoms with Gasteiger partial charge in [-0.25, -0.2) is 0 Å². The number of ether oxygens (including phenoxy) is 3. The first kappa shape index (κ1) is 50.1. The second-order valence-corrected chi connectivity index (χ2v) is 15.0. The Morgan fingerprint density at radius 1 is 0.423 bits per heavy atom. The summed E-state index contributed by atoms with van der Waals surface area (Å²) in [5, 5.41) is 0.